The van der Waals surface area contributed by atoms with Gasteiger partial charge in [0, 0.05) is 0 Å². The number of likely N-dealkylation sites (N-methyl/N-ethyl adjacent to an activating group) is 1. The summed E-state index contributed by atoms with van der Waals surface area (Å²) in [5, 5.41) is 1.21. The molecule has 2 atom stereocenters. The molecule has 1 saturated heterocycles. The van der Waals surface area contributed by atoms with E-state index in [1.54, 1.807) is 0 Å². The van der Waals surface area contributed by atoms with Crippen LogP contribution in [0.5, 0.6) is 0 Å². The van der Waals surface area contributed by atoms with Crippen molar-refractivity contribution in [1.82, 2.24) is 14.4 Å². The number of aryl methyl sites for hydroxylation is 2. The van der Waals surface area contributed by atoms with E-state index in [0.29, 0.717) is 0 Å². The number of aromatic nitrogens is 1. The third-order valence-corrected chi connectivity index (χ3v) is 6.39. The third kappa shape index (κ3) is 6.19. The number of benzene rings is 2. The fourth-order valence-corrected chi connectivity index (χ4v) is 4.93. The molecule has 4 rings (SSSR count). The van der Waals surface area contributed by atoms with Crippen LogP contribution in [0, 0.1) is 33.5 Å². The second kappa shape index (κ2) is 15.5. The molecule has 1 fully saturated rings. The minimum atomic E-state index is -0.0302. The molecule has 8 nitrogen and oxygen atoms in total. The molecule has 0 unspecified atom stereocenters. The first-order valence-corrected chi connectivity index (χ1v) is 10.6. The fraction of sp³-hybridized carbons (Fsp3) is 0.231. The molecule has 35 heavy (non-hydrogen) atoms. The van der Waals surface area contributed by atoms with Crippen molar-refractivity contribution < 1.29 is 39.3 Å². The number of hydrogen-bond donors (Lipinski definition) is 0. The van der Waals surface area contributed by atoms with Gasteiger partial charge in [-0.1, -0.05) is 0 Å². The van der Waals surface area contributed by atoms with Gasteiger partial charge in [0.15, 0.2) is 0 Å². The van der Waals surface area contributed by atoms with Crippen molar-refractivity contribution in [3.8, 4) is 0 Å². The van der Waals surface area contributed by atoms with Gasteiger partial charge in [-0.05, 0) is 0 Å². The first-order chi connectivity index (χ1) is 16.9. The van der Waals surface area contributed by atoms with Crippen LogP contribution in [0.15, 0.2) is 54.6 Å². The molecular weight excluding hydrogens is 486 g/mol. The molecule has 0 N–H and O–H groups in total. The Morgan fingerprint density at radius 1 is 0.857 bits per heavy atom. The van der Waals surface area contributed by atoms with Crippen molar-refractivity contribution in [2.75, 3.05) is 7.05 Å². The summed E-state index contributed by atoms with van der Waals surface area (Å²) in [4.78, 5) is 16.9. The van der Waals surface area contributed by atoms with Crippen LogP contribution >= 0.6 is 0 Å². The molecule has 1 aromatic heterocycles. The molecule has 0 saturated carbocycles. The number of urea groups is 1. The minimum absolute atomic E-state index is 0.0229. The normalized spacial score (nSPS) is 15.6. The second-order valence-corrected chi connectivity index (χ2v) is 7.82. The summed E-state index contributed by atoms with van der Waals surface area (Å²) in [7, 11) is 3.94. The van der Waals surface area contributed by atoms with Gasteiger partial charge < -0.3 is 0 Å². The average Bonchev–Trinajstić information content (AvgIpc) is 3.33. The fourth-order valence-electron chi connectivity index (χ4n) is 4.18. The first kappa shape index (κ1) is 31.6. The third-order valence-electron chi connectivity index (χ3n) is 5.78. The summed E-state index contributed by atoms with van der Waals surface area (Å²) >= 11 is 3.22. The van der Waals surface area contributed by atoms with Crippen LogP contribution in [-0.4, -0.2) is 38.0 Å². The topological polar surface area (TPSA) is 108 Å². The molecule has 1 aliphatic heterocycles. The summed E-state index contributed by atoms with van der Waals surface area (Å²) in [5.41, 5.74) is 4.56. The molecule has 1 aliphatic rings. The van der Waals surface area contributed by atoms with Gasteiger partial charge in [0.05, 0.1) is 0 Å². The average molecular weight is 509 g/mol. The predicted molar refractivity (Wildman–Crippen MR) is 121 cm³/mol. The summed E-state index contributed by atoms with van der Waals surface area (Å²) in [6, 6.07) is 18.7. The number of nitrogens with zero attached hydrogens (tertiary/aromatic N) is 3. The maximum absolute atomic E-state index is 13.2. The number of fused-ring (bicyclic) bond motifs is 1. The Morgan fingerprint density at radius 3 is 1.86 bits per heavy atom. The predicted octanol–water partition coefficient (Wildman–Crippen LogP) is 3.86. The van der Waals surface area contributed by atoms with Crippen LogP contribution in [0.2, 0.25) is 0 Å². The Balaban J connectivity index is 0.00000132. The molecule has 0 aliphatic carbocycles. The van der Waals surface area contributed by atoms with E-state index in [9.17, 15) is 4.79 Å². The second-order valence-electron chi connectivity index (χ2n) is 7.21. The standard InChI is InChI=1S/C22H23N3O.4CO.Cr/c1-15-18-12-8-9-13-19(18)24(4)20(15)14-25-21(16(2)23(3)22(25)26)17-10-6-5-7-11-17;4*1-2;/h5-13,16,21H,1-4H3;;;;;/t16-,21-;;;;;/m0...../s1. The van der Waals surface area contributed by atoms with E-state index >= 15 is 0 Å². The Hall–Kier alpha value is -3.39. The quantitative estimate of drug-likeness (QED) is 0.388. The SMILES string of the molecule is Cc1c([C](=[Cr])N2C(=O)N(C)[C@@H](C)[C@H]2c2ccccc2)n(C)c2ccccc12.[C-]#[O+].[C-]#[O+].[C-]#[O+].[C-]#[O+]. The Bertz CT molecular complexity index is 1160. The number of amides is 2. The van der Waals surface area contributed by atoms with E-state index in [-0.39, 0.29) is 18.1 Å². The van der Waals surface area contributed by atoms with Crippen molar-refractivity contribution in [3.05, 3.63) is 98.0 Å². The van der Waals surface area contributed by atoms with E-state index in [1.165, 1.54) is 16.5 Å². The monoisotopic (exact) mass is 509 g/mol. The zero-order chi connectivity index (χ0) is 27.3. The van der Waals surface area contributed by atoms with Crippen molar-refractivity contribution in [2.24, 2.45) is 7.05 Å². The van der Waals surface area contributed by atoms with Crippen LogP contribution in [0.1, 0.15) is 29.8 Å². The van der Waals surface area contributed by atoms with Crippen molar-refractivity contribution >= 4 is 21.4 Å². The van der Waals surface area contributed by atoms with Gasteiger partial charge in [-0.15, -0.1) is 0 Å². The van der Waals surface area contributed by atoms with E-state index in [2.05, 4.69) is 98.2 Å². The van der Waals surface area contributed by atoms with Crippen molar-refractivity contribution in [1.29, 1.82) is 0 Å². The Kier molecular flexibility index (Phi) is 14.0. The summed E-state index contributed by atoms with van der Waals surface area (Å²) in [5.74, 6) is 0. The van der Waals surface area contributed by atoms with Crippen LogP contribution in [-0.2, 0) is 41.5 Å². The zero-order valence-electron chi connectivity index (χ0n) is 19.6. The summed E-state index contributed by atoms with van der Waals surface area (Å²) in [6.45, 7) is 22.2. The first-order valence-electron chi connectivity index (χ1n) is 9.94. The van der Waals surface area contributed by atoms with E-state index in [1.807, 2.05) is 41.1 Å². The van der Waals surface area contributed by atoms with Gasteiger partial charge in [-0.25, -0.2) is 0 Å². The number of carbonyl (C=O) groups excluding carboxylic acids is 1. The molecular formula is C26H23CrN3O5. The zero-order valence-corrected chi connectivity index (χ0v) is 20.9. The van der Waals surface area contributed by atoms with Crippen LogP contribution in [0.3, 0.4) is 0 Å². The Morgan fingerprint density at radius 2 is 1.34 bits per heavy atom. The Labute approximate surface area is 213 Å². The van der Waals surface area contributed by atoms with Crippen molar-refractivity contribution in [2.45, 2.75) is 25.9 Å². The van der Waals surface area contributed by atoms with Crippen LogP contribution in [0.25, 0.3) is 10.9 Å². The molecule has 2 heterocycles. The van der Waals surface area contributed by atoms with Gasteiger partial charge in [0.25, 0.3) is 0 Å². The van der Waals surface area contributed by atoms with Gasteiger partial charge in [-0.3, -0.25) is 0 Å². The van der Waals surface area contributed by atoms with Crippen LogP contribution < -0.4 is 0 Å². The van der Waals surface area contributed by atoms with Crippen LogP contribution in [0.4, 0.5) is 4.79 Å². The molecule has 9 heteroatoms. The molecule has 0 bridgehead atoms. The summed E-state index contributed by atoms with van der Waals surface area (Å²) in [6.07, 6.45) is 0. The van der Waals surface area contributed by atoms with E-state index < -0.39 is 0 Å². The van der Waals surface area contributed by atoms with Gasteiger partial charge in [0.1, 0.15) is 0 Å². The molecule has 2 aromatic carbocycles. The van der Waals surface area contributed by atoms with Crippen molar-refractivity contribution in [3.63, 3.8) is 0 Å². The number of hydrogen-bond acceptors (Lipinski definition) is 1. The molecule has 2 amide bonds. The molecule has 0 spiro atoms. The maximum atomic E-state index is 13.2. The van der Waals surface area contributed by atoms with Gasteiger partial charge in [-0.2, -0.15) is 0 Å². The summed E-state index contributed by atoms with van der Waals surface area (Å²) < 4.78 is 33.1. The molecule has 3 aromatic rings. The number of rotatable bonds is 3. The number of carbonyl (C=O) groups is 1. The van der Waals surface area contributed by atoms with Gasteiger partial charge in [0.2, 0.25) is 0 Å². The molecule has 178 valence electrons. The number of para-hydroxylation sites is 1. The molecule has 0 radical (unpaired) electrons. The van der Waals surface area contributed by atoms with E-state index in [4.69, 9.17) is 18.6 Å². The van der Waals surface area contributed by atoms with E-state index in [0.717, 1.165) is 15.8 Å². The van der Waals surface area contributed by atoms with Gasteiger partial charge >= 0.3 is 213 Å².